The van der Waals surface area contributed by atoms with Crippen LogP contribution in [0.15, 0.2) is 28.7 Å². The predicted molar refractivity (Wildman–Crippen MR) is 80.6 cm³/mol. The third-order valence-corrected chi connectivity index (χ3v) is 4.89. The molecule has 1 heterocycles. The quantitative estimate of drug-likeness (QED) is 0.521. The fraction of sp³-hybridized carbons (Fsp3) is 0.286. The Bertz CT molecular complexity index is 634. The maximum atomic E-state index is 13.1. The molecule has 0 nitrogen and oxygen atoms in total. The van der Waals surface area contributed by atoms with Crippen LogP contribution in [0.3, 0.4) is 0 Å². The third kappa shape index (κ3) is 3.21. The van der Waals surface area contributed by atoms with Crippen LogP contribution < -0.4 is 0 Å². The van der Waals surface area contributed by atoms with Gasteiger partial charge >= 0.3 is 6.18 Å². The van der Waals surface area contributed by atoms with Crippen LogP contribution in [-0.2, 0) is 6.18 Å². The molecule has 6 heteroatoms. The van der Waals surface area contributed by atoms with Gasteiger partial charge in [-0.25, -0.2) is 0 Å². The zero-order valence-corrected chi connectivity index (χ0v) is 13.8. The lowest BCUT2D eigenvalue weighted by Gasteiger charge is -2.17. The minimum absolute atomic E-state index is 0.0864. The number of hydrogen-bond donors (Lipinski definition) is 0. The molecule has 0 aliphatic heterocycles. The molecule has 0 aliphatic carbocycles. The van der Waals surface area contributed by atoms with Gasteiger partial charge in [0.2, 0.25) is 0 Å². The third-order valence-electron chi connectivity index (χ3n) is 2.95. The smallest absolute Gasteiger partial charge is 0.166 e. The second kappa shape index (κ2) is 5.70. The molecule has 0 bridgehead atoms. The molecule has 1 atom stereocenters. The first-order chi connectivity index (χ1) is 9.20. The highest BCUT2D eigenvalue weighted by Gasteiger charge is 2.35. The molecule has 1 unspecified atom stereocenters. The van der Waals surface area contributed by atoms with E-state index in [2.05, 4.69) is 15.9 Å². The first kappa shape index (κ1) is 15.9. The van der Waals surface area contributed by atoms with Gasteiger partial charge in [-0.3, -0.25) is 0 Å². The number of rotatable bonds is 2. The summed E-state index contributed by atoms with van der Waals surface area (Å²) in [7, 11) is 0. The number of hydrogen-bond acceptors (Lipinski definition) is 1. The fourth-order valence-corrected chi connectivity index (χ4v) is 3.87. The molecule has 0 radical (unpaired) electrons. The summed E-state index contributed by atoms with van der Waals surface area (Å²) in [6.07, 6.45) is -4.43. The zero-order chi connectivity index (χ0) is 15.1. The Kier molecular flexibility index (Phi) is 4.52. The number of alkyl halides is 4. The van der Waals surface area contributed by atoms with Crippen LogP contribution in [0.1, 0.15) is 31.8 Å². The Hall–Kier alpha value is -0.520. The Labute approximate surface area is 132 Å². The number of thiophene rings is 1. The monoisotopic (exact) mass is 382 g/mol. The minimum atomic E-state index is -4.43. The van der Waals surface area contributed by atoms with E-state index in [0.29, 0.717) is 4.47 Å². The lowest BCUT2D eigenvalue weighted by atomic mass is 9.99. The van der Waals surface area contributed by atoms with Gasteiger partial charge in [-0.2, -0.15) is 13.2 Å². The van der Waals surface area contributed by atoms with E-state index in [1.165, 1.54) is 17.4 Å². The maximum absolute atomic E-state index is 13.1. The van der Waals surface area contributed by atoms with E-state index in [0.717, 1.165) is 21.4 Å². The van der Waals surface area contributed by atoms with Crippen molar-refractivity contribution >= 4 is 38.9 Å². The van der Waals surface area contributed by atoms with Crippen LogP contribution in [-0.4, -0.2) is 0 Å². The van der Waals surface area contributed by atoms with E-state index in [1.54, 1.807) is 6.07 Å². The van der Waals surface area contributed by atoms with Gasteiger partial charge in [0.25, 0.3) is 0 Å². The average molecular weight is 384 g/mol. The average Bonchev–Trinajstić information content (AvgIpc) is 2.66. The number of benzene rings is 1. The molecule has 0 spiro atoms. The second-order valence-corrected chi connectivity index (χ2v) is 7.27. The number of halogens is 5. The largest absolute Gasteiger partial charge is 0.416 e. The number of aryl methyl sites for hydroxylation is 2. The Balaban J connectivity index is 2.55. The summed E-state index contributed by atoms with van der Waals surface area (Å²) in [6.45, 7) is 3.78. The van der Waals surface area contributed by atoms with Crippen molar-refractivity contribution in [2.45, 2.75) is 25.4 Å². The summed E-state index contributed by atoms with van der Waals surface area (Å²) in [5.41, 5.74) is 0.125. The van der Waals surface area contributed by atoms with Crippen molar-refractivity contribution in [3.63, 3.8) is 0 Å². The molecular formula is C14H11BrClF3S. The van der Waals surface area contributed by atoms with Crippen LogP contribution in [0, 0.1) is 13.8 Å². The van der Waals surface area contributed by atoms with Gasteiger partial charge in [0.05, 0.1) is 10.9 Å². The Morgan fingerprint density at radius 1 is 1.15 bits per heavy atom. The van der Waals surface area contributed by atoms with Crippen molar-refractivity contribution in [1.82, 2.24) is 0 Å². The summed E-state index contributed by atoms with van der Waals surface area (Å²) in [6, 6.07) is 5.92. The van der Waals surface area contributed by atoms with Crippen molar-refractivity contribution in [2.24, 2.45) is 0 Å². The van der Waals surface area contributed by atoms with Gasteiger partial charge in [0.15, 0.2) is 0 Å². The van der Waals surface area contributed by atoms with Gasteiger partial charge in [-0.15, -0.1) is 22.9 Å². The molecule has 2 aromatic rings. The molecule has 0 fully saturated rings. The van der Waals surface area contributed by atoms with Crippen molar-refractivity contribution in [3.8, 4) is 0 Å². The van der Waals surface area contributed by atoms with Crippen LogP contribution in [0.4, 0.5) is 13.2 Å². The molecule has 0 saturated carbocycles. The van der Waals surface area contributed by atoms with Crippen LogP contribution in [0.2, 0.25) is 0 Å². The van der Waals surface area contributed by atoms with Crippen LogP contribution in [0.5, 0.6) is 0 Å². The van der Waals surface area contributed by atoms with Gasteiger partial charge < -0.3 is 0 Å². The molecular weight excluding hydrogens is 373 g/mol. The topological polar surface area (TPSA) is 0 Å². The molecule has 0 amide bonds. The summed E-state index contributed by atoms with van der Waals surface area (Å²) in [5, 5.41) is -0.801. The first-order valence-electron chi connectivity index (χ1n) is 5.78. The molecule has 20 heavy (non-hydrogen) atoms. The lowest BCUT2D eigenvalue weighted by molar-refractivity contribution is -0.138. The minimum Gasteiger partial charge on any atom is -0.166 e. The molecule has 0 aliphatic rings. The van der Waals surface area contributed by atoms with Gasteiger partial charge in [-0.1, -0.05) is 22.0 Å². The second-order valence-electron chi connectivity index (χ2n) is 4.46. The summed E-state index contributed by atoms with van der Waals surface area (Å²) < 4.78 is 39.8. The van der Waals surface area contributed by atoms with Crippen molar-refractivity contribution in [1.29, 1.82) is 0 Å². The van der Waals surface area contributed by atoms with Gasteiger partial charge in [0, 0.05) is 14.2 Å². The van der Waals surface area contributed by atoms with E-state index in [1.807, 2.05) is 19.9 Å². The maximum Gasteiger partial charge on any atom is 0.416 e. The van der Waals surface area contributed by atoms with E-state index in [4.69, 9.17) is 11.6 Å². The SMILES string of the molecule is Cc1cc(C(Cl)c2ccc(Br)cc2C(F)(F)F)c(C)s1. The predicted octanol–water partition coefficient (Wildman–Crippen LogP) is 6.47. The van der Waals surface area contributed by atoms with Crippen molar-refractivity contribution in [3.05, 3.63) is 55.2 Å². The fourth-order valence-electron chi connectivity index (χ4n) is 2.06. The standard InChI is InChI=1S/C14H11BrClF3S/c1-7-5-11(8(2)20-7)13(16)10-4-3-9(15)6-12(10)14(17,18)19/h3-6,13H,1-2H3. The summed E-state index contributed by atoms with van der Waals surface area (Å²) in [4.78, 5) is 1.98. The highest BCUT2D eigenvalue weighted by atomic mass is 79.9. The zero-order valence-electron chi connectivity index (χ0n) is 10.7. The van der Waals surface area contributed by atoms with E-state index >= 15 is 0 Å². The van der Waals surface area contributed by atoms with Crippen molar-refractivity contribution < 1.29 is 13.2 Å². The van der Waals surface area contributed by atoms with Crippen LogP contribution >= 0.6 is 38.9 Å². The van der Waals surface area contributed by atoms with E-state index in [-0.39, 0.29) is 5.56 Å². The Morgan fingerprint density at radius 2 is 1.80 bits per heavy atom. The molecule has 2 rings (SSSR count). The molecule has 1 aromatic carbocycles. The molecule has 0 saturated heterocycles. The molecule has 1 aromatic heterocycles. The first-order valence-corrected chi connectivity index (χ1v) is 7.82. The van der Waals surface area contributed by atoms with Gasteiger partial charge in [0.1, 0.15) is 0 Å². The van der Waals surface area contributed by atoms with E-state index in [9.17, 15) is 13.2 Å². The van der Waals surface area contributed by atoms with Gasteiger partial charge in [-0.05, 0) is 43.2 Å². The highest BCUT2D eigenvalue weighted by Crippen LogP contribution is 2.42. The highest BCUT2D eigenvalue weighted by molar-refractivity contribution is 9.10. The van der Waals surface area contributed by atoms with E-state index < -0.39 is 17.1 Å². The molecule has 108 valence electrons. The summed E-state index contributed by atoms with van der Waals surface area (Å²) >= 11 is 10.9. The molecule has 0 N–H and O–H groups in total. The Morgan fingerprint density at radius 3 is 2.30 bits per heavy atom. The normalized spacial score (nSPS) is 13.6. The van der Waals surface area contributed by atoms with Crippen molar-refractivity contribution in [2.75, 3.05) is 0 Å². The summed E-state index contributed by atoms with van der Waals surface area (Å²) in [5.74, 6) is 0. The van der Waals surface area contributed by atoms with Crippen LogP contribution in [0.25, 0.3) is 0 Å². The lowest BCUT2D eigenvalue weighted by Crippen LogP contribution is -2.11.